The Hall–Kier alpha value is -2.11. The van der Waals surface area contributed by atoms with Crippen LogP contribution in [0.2, 0.25) is 5.02 Å². The number of primary amides is 1. The molecule has 2 saturated heterocycles. The van der Waals surface area contributed by atoms with Crippen LogP contribution in [0.3, 0.4) is 0 Å². The van der Waals surface area contributed by atoms with Gasteiger partial charge in [0.1, 0.15) is 0 Å². The summed E-state index contributed by atoms with van der Waals surface area (Å²) in [7, 11) is 0. The number of nitrogens with two attached hydrogens (primary N) is 1. The van der Waals surface area contributed by atoms with Crippen molar-refractivity contribution >= 4 is 34.2 Å². The van der Waals surface area contributed by atoms with E-state index in [0.29, 0.717) is 25.9 Å². The van der Waals surface area contributed by atoms with Crippen LogP contribution in [0.4, 0.5) is 0 Å². The minimum absolute atomic E-state index is 0.0755. The second kappa shape index (κ2) is 8.72. The number of amides is 2. The van der Waals surface area contributed by atoms with E-state index >= 15 is 0 Å². The van der Waals surface area contributed by atoms with Crippen LogP contribution in [0.15, 0.2) is 36.4 Å². The number of hydrogen-bond donors (Lipinski definition) is 1. The molecule has 2 aromatic carbocycles. The molecule has 0 atom stereocenters. The lowest BCUT2D eigenvalue weighted by Crippen LogP contribution is -2.46. The van der Waals surface area contributed by atoms with E-state index in [-0.39, 0.29) is 23.7 Å². The number of benzene rings is 2. The van der Waals surface area contributed by atoms with E-state index in [1.165, 1.54) is 16.3 Å². The van der Waals surface area contributed by atoms with Crippen LogP contribution in [0.1, 0.15) is 31.2 Å². The third kappa shape index (κ3) is 4.57. The van der Waals surface area contributed by atoms with Crippen LogP contribution in [0.5, 0.6) is 0 Å². The highest BCUT2D eigenvalue weighted by atomic mass is 35.5. The molecule has 29 heavy (non-hydrogen) atoms. The molecule has 2 amide bonds. The topological polar surface area (TPSA) is 66.6 Å². The van der Waals surface area contributed by atoms with Crippen molar-refractivity contribution in [2.75, 3.05) is 26.2 Å². The van der Waals surface area contributed by atoms with Crippen LogP contribution in [0, 0.1) is 11.8 Å². The lowest BCUT2D eigenvalue weighted by Gasteiger charge is -2.37. The van der Waals surface area contributed by atoms with Crippen molar-refractivity contribution < 1.29 is 9.59 Å². The second-order valence-corrected chi connectivity index (χ2v) is 8.77. The molecule has 0 aliphatic carbocycles. The number of halogens is 1. The Morgan fingerprint density at radius 2 is 1.62 bits per heavy atom. The molecule has 0 radical (unpaired) electrons. The standard InChI is InChI=1S/C23H28ClN3O2/c24-20-13-18-3-1-2-4-21(18)19(14-20)15-26-9-5-17(6-10-26)23(29)27-11-7-16(8-12-27)22(25)28/h1-4,13-14,16-17H,5-12,15H2,(H2,25,28). The maximum Gasteiger partial charge on any atom is 0.225 e. The molecule has 6 heteroatoms. The summed E-state index contributed by atoms with van der Waals surface area (Å²) in [5.41, 5.74) is 6.64. The predicted octanol–water partition coefficient (Wildman–Crippen LogP) is 3.43. The Morgan fingerprint density at radius 3 is 2.31 bits per heavy atom. The van der Waals surface area contributed by atoms with E-state index in [0.717, 1.165) is 37.5 Å². The number of carbonyl (C=O) groups is 2. The van der Waals surface area contributed by atoms with Gasteiger partial charge in [-0.05, 0) is 67.2 Å². The van der Waals surface area contributed by atoms with Gasteiger partial charge in [-0.25, -0.2) is 0 Å². The Labute approximate surface area is 176 Å². The summed E-state index contributed by atoms with van der Waals surface area (Å²) in [6, 6.07) is 12.4. The van der Waals surface area contributed by atoms with Crippen LogP contribution in [-0.4, -0.2) is 47.8 Å². The molecule has 4 rings (SSSR count). The summed E-state index contributed by atoms with van der Waals surface area (Å²) in [6.07, 6.45) is 3.16. The fraction of sp³-hybridized carbons (Fsp3) is 0.478. The molecule has 0 spiro atoms. The van der Waals surface area contributed by atoms with Gasteiger partial charge < -0.3 is 10.6 Å². The number of hydrogen-bond acceptors (Lipinski definition) is 3. The normalized spacial score (nSPS) is 19.6. The average Bonchev–Trinajstić information content (AvgIpc) is 2.74. The van der Waals surface area contributed by atoms with Crippen LogP contribution < -0.4 is 5.73 Å². The quantitative estimate of drug-likeness (QED) is 0.834. The molecular formula is C23H28ClN3O2. The molecular weight excluding hydrogens is 386 g/mol. The third-order valence-corrected chi connectivity index (χ3v) is 6.67. The molecule has 2 aliphatic rings. The van der Waals surface area contributed by atoms with Crippen molar-refractivity contribution in [1.29, 1.82) is 0 Å². The van der Waals surface area contributed by atoms with E-state index in [1.54, 1.807) is 0 Å². The monoisotopic (exact) mass is 413 g/mol. The summed E-state index contributed by atoms with van der Waals surface area (Å²) in [5.74, 6) is 0.0284. The third-order valence-electron chi connectivity index (χ3n) is 6.45. The van der Waals surface area contributed by atoms with Crippen molar-refractivity contribution in [2.24, 2.45) is 17.6 Å². The van der Waals surface area contributed by atoms with Crippen LogP contribution in [-0.2, 0) is 16.1 Å². The summed E-state index contributed by atoms with van der Waals surface area (Å²) in [6.45, 7) is 3.98. The van der Waals surface area contributed by atoms with Crippen LogP contribution >= 0.6 is 11.6 Å². The number of nitrogens with zero attached hydrogens (tertiary/aromatic N) is 2. The molecule has 0 aromatic heterocycles. The molecule has 2 heterocycles. The first-order chi connectivity index (χ1) is 14.0. The molecule has 2 N–H and O–H groups in total. The Kier molecular flexibility index (Phi) is 6.07. The number of fused-ring (bicyclic) bond motifs is 1. The maximum atomic E-state index is 12.9. The number of piperidine rings is 2. The van der Waals surface area contributed by atoms with E-state index in [2.05, 4.69) is 29.2 Å². The maximum absolute atomic E-state index is 12.9. The summed E-state index contributed by atoms with van der Waals surface area (Å²) >= 11 is 6.32. The second-order valence-electron chi connectivity index (χ2n) is 8.34. The van der Waals surface area contributed by atoms with E-state index < -0.39 is 0 Å². The van der Waals surface area contributed by atoms with Gasteiger partial charge in [0, 0.05) is 36.5 Å². The fourth-order valence-electron chi connectivity index (χ4n) is 4.70. The zero-order chi connectivity index (χ0) is 20.4. The van der Waals surface area contributed by atoms with Crippen molar-refractivity contribution in [3.8, 4) is 0 Å². The highest BCUT2D eigenvalue weighted by Crippen LogP contribution is 2.28. The molecule has 5 nitrogen and oxygen atoms in total. The van der Waals surface area contributed by atoms with E-state index in [1.807, 2.05) is 17.0 Å². The van der Waals surface area contributed by atoms with Gasteiger partial charge in [0.25, 0.3) is 0 Å². The molecule has 0 bridgehead atoms. The first-order valence-electron chi connectivity index (χ1n) is 10.5. The highest BCUT2D eigenvalue weighted by molar-refractivity contribution is 6.31. The fourth-order valence-corrected chi connectivity index (χ4v) is 4.95. The number of rotatable bonds is 4. The Morgan fingerprint density at radius 1 is 0.966 bits per heavy atom. The first-order valence-corrected chi connectivity index (χ1v) is 10.9. The predicted molar refractivity (Wildman–Crippen MR) is 115 cm³/mol. The zero-order valence-corrected chi connectivity index (χ0v) is 17.4. The molecule has 2 aliphatic heterocycles. The van der Waals surface area contributed by atoms with Crippen LogP contribution in [0.25, 0.3) is 10.8 Å². The summed E-state index contributed by atoms with van der Waals surface area (Å²) < 4.78 is 0. The first kappa shape index (κ1) is 20.2. The average molecular weight is 414 g/mol. The lowest BCUT2D eigenvalue weighted by molar-refractivity contribution is -0.140. The molecule has 0 saturated carbocycles. The van der Waals surface area contributed by atoms with Gasteiger partial charge >= 0.3 is 0 Å². The van der Waals surface area contributed by atoms with Crippen molar-refractivity contribution in [2.45, 2.75) is 32.2 Å². The minimum atomic E-state index is -0.237. The van der Waals surface area contributed by atoms with Gasteiger partial charge in [-0.1, -0.05) is 35.9 Å². The van der Waals surface area contributed by atoms with Gasteiger partial charge in [-0.2, -0.15) is 0 Å². The minimum Gasteiger partial charge on any atom is -0.369 e. The van der Waals surface area contributed by atoms with Crippen molar-refractivity contribution in [3.05, 3.63) is 47.0 Å². The molecule has 0 unspecified atom stereocenters. The lowest BCUT2D eigenvalue weighted by atomic mass is 9.91. The van der Waals surface area contributed by atoms with Gasteiger partial charge in [0.2, 0.25) is 11.8 Å². The number of likely N-dealkylation sites (tertiary alicyclic amines) is 2. The molecule has 2 aromatic rings. The van der Waals surface area contributed by atoms with Gasteiger partial charge in [-0.15, -0.1) is 0 Å². The smallest absolute Gasteiger partial charge is 0.225 e. The van der Waals surface area contributed by atoms with E-state index in [4.69, 9.17) is 17.3 Å². The largest absolute Gasteiger partial charge is 0.369 e. The Balaban J connectivity index is 1.33. The summed E-state index contributed by atoms with van der Waals surface area (Å²) in [4.78, 5) is 28.6. The van der Waals surface area contributed by atoms with E-state index in [9.17, 15) is 9.59 Å². The number of carbonyl (C=O) groups excluding carboxylic acids is 2. The van der Waals surface area contributed by atoms with Gasteiger partial charge in [0.15, 0.2) is 0 Å². The van der Waals surface area contributed by atoms with Crippen molar-refractivity contribution in [3.63, 3.8) is 0 Å². The molecule has 2 fully saturated rings. The molecule has 154 valence electrons. The van der Waals surface area contributed by atoms with Gasteiger partial charge in [0.05, 0.1) is 0 Å². The Bertz CT molecular complexity index is 900. The zero-order valence-electron chi connectivity index (χ0n) is 16.6. The highest BCUT2D eigenvalue weighted by Gasteiger charge is 2.32. The SMILES string of the molecule is NC(=O)C1CCN(C(=O)C2CCN(Cc3cc(Cl)cc4ccccc34)CC2)CC1. The van der Waals surface area contributed by atoms with Gasteiger partial charge in [-0.3, -0.25) is 14.5 Å². The van der Waals surface area contributed by atoms with Crippen molar-refractivity contribution in [1.82, 2.24) is 9.80 Å². The summed E-state index contributed by atoms with van der Waals surface area (Å²) in [5, 5.41) is 3.18.